The van der Waals surface area contributed by atoms with Crippen LogP contribution in [0.4, 0.5) is 0 Å². The van der Waals surface area contributed by atoms with Gasteiger partial charge in [0, 0.05) is 29.1 Å². The average Bonchev–Trinajstić information content (AvgIpc) is 2.93. The van der Waals surface area contributed by atoms with Crippen LogP contribution < -0.4 is 5.32 Å². The molecular formula is C21H28BrN3O2. The number of amides is 2. The molecule has 0 unspecified atom stereocenters. The minimum absolute atomic E-state index is 0.0270. The third-order valence-electron chi connectivity index (χ3n) is 4.64. The Kier molecular flexibility index (Phi) is 7.25. The molecule has 0 bridgehead atoms. The van der Waals surface area contributed by atoms with Crippen LogP contribution in [0.2, 0.25) is 0 Å². The number of aryl methyl sites for hydroxylation is 2. The summed E-state index contributed by atoms with van der Waals surface area (Å²) in [7, 11) is 0. The highest BCUT2D eigenvalue weighted by molar-refractivity contribution is 9.10. The fourth-order valence-corrected chi connectivity index (χ4v) is 3.87. The highest BCUT2D eigenvalue weighted by Gasteiger charge is 2.30. The third-order valence-corrected chi connectivity index (χ3v) is 5.10. The topological polar surface area (TPSA) is 54.3 Å². The molecule has 1 saturated heterocycles. The standard InChI is InChI=1S/C19H22BrN3O2.C2H6/c1-4-13-6-14(20)7-16-12(3)8-23(19(13)16)11-17(24)21-15-9-22(10-15)18(25)5-2;1-2/h5-8,15H,2,4,9-11H2,1,3H3,(H,21,24);1-2H3. The summed E-state index contributed by atoms with van der Waals surface area (Å²) in [6.07, 6.45) is 4.24. The van der Waals surface area contributed by atoms with E-state index in [9.17, 15) is 9.59 Å². The van der Waals surface area contributed by atoms with Gasteiger partial charge < -0.3 is 14.8 Å². The van der Waals surface area contributed by atoms with Gasteiger partial charge >= 0.3 is 0 Å². The molecule has 0 aliphatic carbocycles. The van der Waals surface area contributed by atoms with Crippen LogP contribution >= 0.6 is 15.9 Å². The quantitative estimate of drug-likeness (QED) is 0.728. The van der Waals surface area contributed by atoms with Gasteiger partial charge in [-0.05, 0) is 42.7 Å². The van der Waals surface area contributed by atoms with Crippen molar-refractivity contribution in [2.24, 2.45) is 0 Å². The van der Waals surface area contributed by atoms with Crippen LogP contribution in [0.15, 0.2) is 35.5 Å². The Hall–Kier alpha value is -2.08. The fourth-order valence-electron chi connectivity index (χ4n) is 3.36. The minimum atomic E-state index is -0.0873. The van der Waals surface area contributed by atoms with Crippen molar-refractivity contribution in [1.29, 1.82) is 0 Å². The van der Waals surface area contributed by atoms with Crippen LogP contribution in [-0.4, -0.2) is 40.4 Å². The van der Waals surface area contributed by atoms with E-state index in [0.29, 0.717) is 13.1 Å². The van der Waals surface area contributed by atoms with E-state index in [0.717, 1.165) is 22.0 Å². The van der Waals surface area contributed by atoms with E-state index in [-0.39, 0.29) is 24.4 Å². The maximum absolute atomic E-state index is 12.4. The molecule has 27 heavy (non-hydrogen) atoms. The average molecular weight is 434 g/mol. The lowest BCUT2D eigenvalue weighted by Crippen LogP contribution is -2.61. The van der Waals surface area contributed by atoms with Crippen LogP contribution in [0.25, 0.3) is 10.9 Å². The molecule has 5 nitrogen and oxygen atoms in total. The van der Waals surface area contributed by atoms with Gasteiger partial charge in [-0.1, -0.05) is 43.3 Å². The van der Waals surface area contributed by atoms with Gasteiger partial charge in [-0.25, -0.2) is 0 Å². The zero-order valence-corrected chi connectivity index (χ0v) is 18.1. The van der Waals surface area contributed by atoms with Crippen molar-refractivity contribution in [2.45, 2.75) is 46.7 Å². The lowest BCUT2D eigenvalue weighted by Gasteiger charge is -2.38. The molecule has 6 heteroatoms. The zero-order valence-electron chi connectivity index (χ0n) is 16.5. The second kappa shape index (κ2) is 9.22. The van der Waals surface area contributed by atoms with Crippen molar-refractivity contribution in [3.63, 3.8) is 0 Å². The number of halogens is 1. The number of likely N-dealkylation sites (tertiary alicyclic amines) is 1. The molecule has 2 amide bonds. The summed E-state index contributed by atoms with van der Waals surface area (Å²) in [5.74, 6) is -0.117. The van der Waals surface area contributed by atoms with Gasteiger partial charge in [0.25, 0.3) is 0 Å². The summed E-state index contributed by atoms with van der Waals surface area (Å²) in [5.41, 5.74) is 3.50. The molecule has 0 saturated carbocycles. The molecule has 1 aliphatic rings. The monoisotopic (exact) mass is 433 g/mol. The highest BCUT2D eigenvalue weighted by atomic mass is 79.9. The number of carbonyl (C=O) groups excluding carboxylic acids is 2. The van der Waals surface area contributed by atoms with Crippen molar-refractivity contribution in [3.8, 4) is 0 Å². The van der Waals surface area contributed by atoms with Crippen molar-refractivity contribution in [3.05, 3.63) is 46.6 Å². The summed E-state index contributed by atoms with van der Waals surface area (Å²) < 4.78 is 3.08. The Bertz CT molecular complexity index is 851. The van der Waals surface area contributed by atoms with Gasteiger partial charge in [0.15, 0.2) is 0 Å². The molecular weight excluding hydrogens is 406 g/mol. The van der Waals surface area contributed by atoms with Gasteiger partial charge in [-0.3, -0.25) is 9.59 Å². The molecule has 2 aromatic rings. The normalized spacial score (nSPS) is 13.6. The van der Waals surface area contributed by atoms with Gasteiger partial charge in [0.05, 0.1) is 11.6 Å². The van der Waals surface area contributed by atoms with Gasteiger partial charge in [-0.15, -0.1) is 0 Å². The summed E-state index contributed by atoms with van der Waals surface area (Å²) in [4.78, 5) is 25.5. The molecule has 0 atom stereocenters. The van der Waals surface area contributed by atoms with Gasteiger partial charge in [0.1, 0.15) is 6.54 Å². The molecule has 1 fully saturated rings. The van der Waals surface area contributed by atoms with Gasteiger partial charge in [-0.2, -0.15) is 0 Å². The minimum Gasteiger partial charge on any atom is -0.348 e. The van der Waals surface area contributed by atoms with E-state index in [1.165, 1.54) is 17.0 Å². The Labute approximate surface area is 169 Å². The number of nitrogens with one attached hydrogen (secondary N) is 1. The Morgan fingerprint density at radius 1 is 1.33 bits per heavy atom. The summed E-state index contributed by atoms with van der Waals surface area (Å²) >= 11 is 3.56. The first-order valence-corrected chi connectivity index (χ1v) is 10.2. The Morgan fingerprint density at radius 2 is 2.00 bits per heavy atom. The third kappa shape index (κ3) is 4.61. The molecule has 1 aliphatic heterocycles. The molecule has 1 aromatic carbocycles. The number of hydrogen-bond donors (Lipinski definition) is 1. The number of carbonyl (C=O) groups is 2. The number of benzene rings is 1. The molecule has 2 heterocycles. The second-order valence-corrected chi connectivity index (χ2v) is 7.38. The van der Waals surface area contributed by atoms with Crippen LogP contribution in [0, 0.1) is 6.92 Å². The predicted octanol–water partition coefficient (Wildman–Crippen LogP) is 3.81. The second-order valence-electron chi connectivity index (χ2n) is 6.47. The van der Waals surface area contributed by atoms with Crippen LogP contribution in [0.5, 0.6) is 0 Å². The SMILES string of the molecule is C=CC(=O)N1CC(NC(=O)Cn2cc(C)c3cc(Br)cc(CC)c32)C1.CC. The van der Waals surface area contributed by atoms with E-state index in [2.05, 4.69) is 53.8 Å². The first kappa shape index (κ1) is 21.2. The first-order valence-electron chi connectivity index (χ1n) is 9.41. The smallest absolute Gasteiger partial charge is 0.246 e. The lowest BCUT2D eigenvalue weighted by atomic mass is 10.1. The molecule has 0 radical (unpaired) electrons. The van der Waals surface area contributed by atoms with E-state index < -0.39 is 0 Å². The molecule has 146 valence electrons. The largest absolute Gasteiger partial charge is 0.348 e. The zero-order chi connectivity index (χ0) is 20.1. The lowest BCUT2D eigenvalue weighted by molar-refractivity contribution is -0.133. The number of hydrogen-bond acceptors (Lipinski definition) is 2. The summed E-state index contributed by atoms with van der Waals surface area (Å²) in [6, 6.07) is 4.24. The highest BCUT2D eigenvalue weighted by Crippen LogP contribution is 2.29. The Morgan fingerprint density at radius 3 is 2.59 bits per heavy atom. The van der Waals surface area contributed by atoms with E-state index in [1.54, 1.807) is 4.90 Å². The first-order chi connectivity index (χ1) is 12.9. The van der Waals surface area contributed by atoms with Crippen molar-refractivity contribution < 1.29 is 9.59 Å². The van der Waals surface area contributed by atoms with Crippen molar-refractivity contribution in [1.82, 2.24) is 14.8 Å². The summed E-state index contributed by atoms with van der Waals surface area (Å²) in [6.45, 7) is 13.0. The van der Waals surface area contributed by atoms with Crippen LogP contribution in [0.1, 0.15) is 31.9 Å². The maximum atomic E-state index is 12.4. The van der Waals surface area contributed by atoms with Crippen LogP contribution in [-0.2, 0) is 22.6 Å². The molecule has 0 spiro atoms. The number of fused-ring (bicyclic) bond motifs is 1. The Balaban J connectivity index is 0.00000126. The number of rotatable bonds is 5. The van der Waals surface area contributed by atoms with E-state index >= 15 is 0 Å². The van der Waals surface area contributed by atoms with E-state index in [4.69, 9.17) is 0 Å². The molecule has 3 rings (SSSR count). The fraction of sp³-hybridized carbons (Fsp3) is 0.429. The number of aromatic nitrogens is 1. The molecule has 1 N–H and O–H groups in total. The van der Waals surface area contributed by atoms with Crippen molar-refractivity contribution >= 4 is 38.6 Å². The predicted molar refractivity (Wildman–Crippen MR) is 114 cm³/mol. The van der Waals surface area contributed by atoms with Crippen LogP contribution in [0.3, 0.4) is 0 Å². The van der Waals surface area contributed by atoms with Crippen molar-refractivity contribution in [2.75, 3.05) is 13.1 Å². The molecule has 1 aromatic heterocycles. The summed E-state index contributed by atoms with van der Waals surface area (Å²) in [5, 5.41) is 4.17. The maximum Gasteiger partial charge on any atom is 0.246 e. The number of nitrogens with zero attached hydrogens (tertiary/aromatic N) is 2. The van der Waals surface area contributed by atoms with Gasteiger partial charge in [0.2, 0.25) is 11.8 Å². The van der Waals surface area contributed by atoms with E-state index in [1.807, 2.05) is 24.6 Å².